The first kappa shape index (κ1) is 18.3. The summed E-state index contributed by atoms with van der Waals surface area (Å²) in [6.45, 7) is 0. The summed E-state index contributed by atoms with van der Waals surface area (Å²) in [5.74, 6) is 0.249. The van der Waals surface area contributed by atoms with Gasteiger partial charge in [0.2, 0.25) is 0 Å². The molecule has 3 aromatic heterocycles. The third-order valence-electron chi connectivity index (χ3n) is 5.52. The van der Waals surface area contributed by atoms with Crippen LogP contribution in [0.5, 0.6) is 0 Å². The number of nitrogens with zero attached hydrogens (tertiary/aromatic N) is 1. The number of fused-ring (bicyclic) bond motifs is 3. The first-order valence-electron chi connectivity index (χ1n) is 10.1. The largest absolute Gasteiger partial charge is 0.456 e. The molecule has 0 atom stereocenters. The molecular weight excluding hydrogens is 402 g/mol. The zero-order chi connectivity index (χ0) is 21.7. The predicted octanol–water partition coefficient (Wildman–Crippen LogP) is 5.58. The van der Waals surface area contributed by atoms with E-state index >= 15 is 0 Å². The molecule has 5 nitrogen and oxygen atoms in total. The van der Waals surface area contributed by atoms with Crippen LogP contribution in [0.4, 0.5) is 0 Å². The van der Waals surface area contributed by atoms with Crippen LogP contribution < -0.4 is 11.1 Å². The number of aromatic nitrogens is 1. The van der Waals surface area contributed by atoms with E-state index in [1.807, 2.05) is 42.5 Å². The Morgan fingerprint density at radius 2 is 1.53 bits per heavy atom. The molecule has 0 aliphatic carbocycles. The van der Waals surface area contributed by atoms with Crippen molar-refractivity contribution >= 4 is 32.7 Å². The molecule has 3 heterocycles. The van der Waals surface area contributed by atoms with Crippen LogP contribution in [0.25, 0.3) is 55.3 Å². The van der Waals surface area contributed by atoms with Crippen LogP contribution in [-0.2, 0) is 0 Å². The first-order chi connectivity index (χ1) is 15.7. The minimum atomic E-state index is -0.647. The number of rotatable bonds is 2. The highest BCUT2D eigenvalue weighted by atomic mass is 16.4. The third kappa shape index (κ3) is 2.83. The van der Waals surface area contributed by atoms with Crippen LogP contribution in [-0.4, -0.2) is 4.98 Å². The van der Waals surface area contributed by atoms with Gasteiger partial charge < -0.3 is 8.83 Å². The Morgan fingerprint density at radius 3 is 2.44 bits per heavy atom. The van der Waals surface area contributed by atoms with Crippen molar-refractivity contribution in [1.29, 1.82) is 0 Å². The molecule has 0 aliphatic heterocycles. The average molecular weight is 416 g/mol. The lowest BCUT2D eigenvalue weighted by Gasteiger charge is -2.12. The molecule has 0 spiro atoms. The second kappa shape index (κ2) is 7.03. The van der Waals surface area contributed by atoms with Gasteiger partial charge in [0.1, 0.15) is 16.9 Å². The SMILES string of the molecule is O=c1[c]c(-c2cc(=O)c3ccccc3o2)c2c(-c3nccc4ccccc34)cccc2o1. The summed E-state index contributed by atoms with van der Waals surface area (Å²) in [6, 6.07) is 26.4. The topological polar surface area (TPSA) is 73.3 Å². The van der Waals surface area contributed by atoms with Crippen molar-refractivity contribution in [2.75, 3.05) is 0 Å². The fourth-order valence-corrected chi connectivity index (χ4v) is 4.11. The monoisotopic (exact) mass is 416 g/mol. The fraction of sp³-hybridized carbons (Fsp3) is 0. The minimum Gasteiger partial charge on any atom is -0.456 e. The van der Waals surface area contributed by atoms with Gasteiger partial charge in [-0.05, 0) is 29.7 Å². The van der Waals surface area contributed by atoms with Crippen molar-refractivity contribution in [1.82, 2.24) is 4.98 Å². The zero-order valence-electron chi connectivity index (χ0n) is 16.7. The van der Waals surface area contributed by atoms with E-state index in [0.29, 0.717) is 27.5 Å². The van der Waals surface area contributed by atoms with Crippen LogP contribution in [0.15, 0.2) is 103 Å². The molecule has 0 fully saturated rings. The highest BCUT2D eigenvalue weighted by molar-refractivity contribution is 6.07. The maximum atomic E-state index is 12.7. The molecule has 0 saturated carbocycles. The van der Waals surface area contributed by atoms with E-state index in [0.717, 1.165) is 22.0 Å². The lowest BCUT2D eigenvalue weighted by Crippen LogP contribution is -2.04. The lowest BCUT2D eigenvalue weighted by molar-refractivity contribution is 0.558. The number of hydrogen-bond acceptors (Lipinski definition) is 5. The van der Waals surface area contributed by atoms with Gasteiger partial charge in [-0.2, -0.15) is 0 Å². The van der Waals surface area contributed by atoms with Crippen LogP contribution in [0, 0.1) is 6.07 Å². The molecule has 0 bridgehead atoms. The highest BCUT2D eigenvalue weighted by Crippen LogP contribution is 2.37. The molecule has 0 saturated heterocycles. The summed E-state index contributed by atoms with van der Waals surface area (Å²) in [5, 5.41) is 3.07. The van der Waals surface area contributed by atoms with E-state index in [2.05, 4.69) is 11.1 Å². The highest BCUT2D eigenvalue weighted by Gasteiger charge is 2.18. The van der Waals surface area contributed by atoms with Gasteiger partial charge in [-0.25, -0.2) is 4.79 Å². The molecule has 6 rings (SSSR count). The Kier molecular flexibility index (Phi) is 4.01. The Labute approximate surface area is 181 Å². The molecule has 1 radical (unpaired) electrons. The number of para-hydroxylation sites is 1. The van der Waals surface area contributed by atoms with Crippen molar-refractivity contribution in [3.63, 3.8) is 0 Å². The van der Waals surface area contributed by atoms with Gasteiger partial charge in [-0.15, -0.1) is 0 Å². The van der Waals surface area contributed by atoms with E-state index in [9.17, 15) is 9.59 Å². The fourth-order valence-electron chi connectivity index (χ4n) is 4.11. The molecule has 3 aromatic carbocycles. The molecule has 6 aromatic rings. The Hall–Kier alpha value is -4.51. The number of benzene rings is 3. The molecule has 0 aliphatic rings. The van der Waals surface area contributed by atoms with E-state index in [1.165, 1.54) is 6.07 Å². The summed E-state index contributed by atoms with van der Waals surface area (Å²) in [5.41, 5.74) is 1.82. The Morgan fingerprint density at radius 1 is 0.750 bits per heavy atom. The van der Waals surface area contributed by atoms with Gasteiger partial charge in [0.25, 0.3) is 0 Å². The molecule has 5 heteroatoms. The minimum absolute atomic E-state index is 0.197. The van der Waals surface area contributed by atoms with E-state index < -0.39 is 5.63 Å². The van der Waals surface area contributed by atoms with Crippen LogP contribution in [0.1, 0.15) is 0 Å². The summed E-state index contributed by atoms with van der Waals surface area (Å²) in [4.78, 5) is 29.7. The van der Waals surface area contributed by atoms with E-state index in [4.69, 9.17) is 8.83 Å². The van der Waals surface area contributed by atoms with Crippen molar-refractivity contribution in [3.05, 3.63) is 112 Å². The quantitative estimate of drug-likeness (QED) is 0.345. The summed E-state index contributed by atoms with van der Waals surface area (Å²) >= 11 is 0. The second-order valence-electron chi connectivity index (χ2n) is 7.42. The van der Waals surface area contributed by atoms with Gasteiger partial charge in [0, 0.05) is 34.2 Å². The van der Waals surface area contributed by atoms with Crippen molar-refractivity contribution in [3.8, 4) is 22.6 Å². The predicted molar refractivity (Wildman–Crippen MR) is 124 cm³/mol. The van der Waals surface area contributed by atoms with Crippen molar-refractivity contribution in [2.45, 2.75) is 0 Å². The number of pyridine rings is 1. The standard InChI is InChI=1S/C27H14NO4/c29-21-15-24(31-22-10-4-3-8-18(21)22)20-14-25(30)32-23-11-5-9-19(26(20)23)27-17-7-2-1-6-16(17)12-13-28-27/h1-13,15H. The molecule has 0 N–H and O–H groups in total. The lowest BCUT2D eigenvalue weighted by atomic mass is 9.96. The van der Waals surface area contributed by atoms with E-state index in [-0.39, 0.29) is 11.2 Å². The normalized spacial score (nSPS) is 11.4. The molecule has 32 heavy (non-hydrogen) atoms. The van der Waals surface area contributed by atoms with Gasteiger partial charge in [0.15, 0.2) is 5.43 Å². The van der Waals surface area contributed by atoms with E-state index in [1.54, 1.807) is 36.5 Å². The maximum Gasteiger partial charge on any atom is 0.345 e. The molecular formula is C27H14NO4. The van der Waals surface area contributed by atoms with Crippen molar-refractivity contribution < 1.29 is 8.83 Å². The van der Waals surface area contributed by atoms with Crippen LogP contribution in [0.3, 0.4) is 0 Å². The third-order valence-corrected chi connectivity index (χ3v) is 5.52. The van der Waals surface area contributed by atoms with Crippen LogP contribution in [0.2, 0.25) is 0 Å². The van der Waals surface area contributed by atoms with Gasteiger partial charge >= 0.3 is 5.63 Å². The summed E-state index contributed by atoms with van der Waals surface area (Å²) < 4.78 is 11.5. The van der Waals surface area contributed by atoms with Gasteiger partial charge in [-0.1, -0.05) is 48.5 Å². The number of hydrogen-bond donors (Lipinski definition) is 0. The second-order valence-corrected chi connectivity index (χ2v) is 7.42. The van der Waals surface area contributed by atoms with Crippen LogP contribution >= 0.6 is 0 Å². The maximum absolute atomic E-state index is 12.7. The summed E-state index contributed by atoms with van der Waals surface area (Å²) in [6.07, 6.45) is 1.75. The summed E-state index contributed by atoms with van der Waals surface area (Å²) in [7, 11) is 0. The molecule has 151 valence electrons. The van der Waals surface area contributed by atoms with Crippen molar-refractivity contribution in [2.24, 2.45) is 0 Å². The molecule has 0 amide bonds. The Bertz CT molecular complexity index is 1770. The zero-order valence-corrected chi connectivity index (χ0v) is 16.7. The average Bonchev–Trinajstić information content (AvgIpc) is 2.82. The first-order valence-corrected chi connectivity index (χ1v) is 10.1. The molecule has 0 unspecified atom stereocenters. The van der Waals surface area contributed by atoms with Gasteiger partial charge in [-0.3, -0.25) is 9.78 Å². The Balaban J connectivity index is 1.74. The van der Waals surface area contributed by atoms with Gasteiger partial charge in [0.05, 0.1) is 17.1 Å². The smallest absolute Gasteiger partial charge is 0.345 e.